The number of rotatable bonds is 4. The zero-order valence-corrected chi connectivity index (χ0v) is 13.4. The second-order valence-corrected chi connectivity index (χ2v) is 6.71. The van der Waals surface area contributed by atoms with E-state index < -0.39 is 0 Å². The summed E-state index contributed by atoms with van der Waals surface area (Å²) in [6, 6.07) is 2.13. The van der Waals surface area contributed by atoms with Crippen LogP contribution in [0.1, 0.15) is 13.3 Å². The van der Waals surface area contributed by atoms with Crippen molar-refractivity contribution < 1.29 is 0 Å². The molecule has 1 saturated heterocycles. The van der Waals surface area contributed by atoms with E-state index in [1.54, 1.807) is 17.7 Å². The van der Waals surface area contributed by atoms with E-state index in [-0.39, 0.29) is 0 Å². The fourth-order valence-electron chi connectivity index (χ4n) is 2.91. The number of hydrogen-bond acceptors (Lipinski definition) is 6. The van der Waals surface area contributed by atoms with Gasteiger partial charge in [-0.25, -0.2) is 9.97 Å². The van der Waals surface area contributed by atoms with Gasteiger partial charge in [-0.1, -0.05) is 6.92 Å². The number of thiophene rings is 1. The van der Waals surface area contributed by atoms with Crippen LogP contribution >= 0.6 is 11.3 Å². The van der Waals surface area contributed by atoms with E-state index in [2.05, 4.69) is 38.1 Å². The van der Waals surface area contributed by atoms with Crippen LogP contribution in [0, 0.1) is 5.92 Å². The zero-order chi connectivity index (χ0) is 14.7. The Balaban J connectivity index is 1.71. The van der Waals surface area contributed by atoms with Crippen molar-refractivity contribution in [1.82, 2.24) is 14.9 Å². The molecular formula is C15H23N5S. The lowest BCUT2D eigenvalue weighted by Gasteiger charge is -2.24. The lowest BCUT2D eigenvalue weighted by molar-refractivity contribution is 0.255. The summed E-state index contributed by atoms with van der Waals surface area (Å²) in [5.41, 5.74) is 5.74. The van der Waals surface area contributed by atoms with Crippen molar-refractivity contribution in [2.75, 3.05) is 44.2 Å². The Hall–Kier alpha value is -1.24. The molecule has 5 nitrogen and oxygen atoms in total. The maximum atomic E-state index is 5.74. The zero-order valence-electron chi connectivity index (χ0n) is 12.5. The molecule has 3 rings (SSSR count). The van der Waals surface area contributed by atoms with E-state index in [4.69, 9.17) is 5.73 Å². The van der Waals surface area contributed by atoms with Crippen LogP contribution in [-0.2, 0) is 0 Å². The van der Waals surface area contributed by atoms with Gasteiger partial charge in [-0.15, -0.1) is 11.3 Å². The van der Waals surface area contributed by atoms with Crippen molar-refractivity contribution >= 4 is 27.4 Å². The number of nitrogens with two attached hydrogens (primary N) is 1. The van der Waals surface area contributed by atoms with E-state index in [9.17, 15) is 0 Å². The van der Waals surface area contributed by atoms with Crippen LogP contribution in [0.4, 0.5) is 5.82 Å². The molecule has 114 valence electrons. The summed E-state index contributed by atoms with van der Waals surface area (Å²) < 4.78 is 0. The number of nitrogens with zero attached hydrogens (tertiary/aromatic N) is 4. The summed E-state index contributed by atoms with van der Waals surface area (Å²) in [6.07, 6.45) is 2.86. The summed E-state index contributed by atoms with van der Waals surface area (Å²) in [7, 11) is 0. The Bertz CT molecular complexity index is 584. The number of aromatic nitrogens is 2. The quantitative estimate of drug-likeness (QED) is 0.933. The first kappa shape index (κ1) is 14.7. The Labute approximate surface area is 129 Å². The summed E-state index contributed by atoms with van der Waals surface area (Å²) >= 11 is 1.68. The van der Waals surface area contributed by atoms with Crippen molar-refractivity contribution in [3.05, 3.63) is 17.8 Å². The number of fused-ring (bicyclic) bond motifs is 1. The van der Waals surface area contributed by atoms with Crippen molar-refractivity contribution in [3.8, 4) is 0 Å². The summed E-state index contributed by atoms with van der Waals surface area (Å²) in [5.74, 6) is 1.66. The molecule has 0 bridgehead atoms. The molecule has 0 spiro atoms. The highest BCUT2D eigenvalue weighted by Crippen LogP contribution is 2.27. The lowest BCUT2D eigenvalue weighted by atomic mass is 10.1. The molecule has 0 aromatic carbocycles. The van der Waals surface area contributed by atoms with Crippen LogP contribution < -0.4 is 10.6 Å². The van der Waals surface area contributed by atoms with Gasteiger partial charge in [-0.2, -0.15) is 0 Å². The smallest absolute Gasteiger partial charge is 0.140 e. The third-order valence-electron chi connectivity index (χ3n) is 4.10. The number of hydrogen-bond donors (Lipinski definition) is 1. The van der Waals surface area contributed by atoms with E-state index in [0.29, 0.717) is 5.92 Å². The highest BCUT2D eigenvalue weighted by molar-refractivity contribution is 7.16. The molecule has 21 heavy (non-hydrogen) atoms. The van der Waals surface area contributed by atoms with Crippen LogP contribution in [0.3, 0.4) is 0 Å². The summed E-state index contributed by atoms with van der Waals surface area (Å²) in [6.45, 7) is 8.42. The summed E-state index contributed by atoms with van der Waals surface area (Å²) in [4.78, 5) is 14.9. The molecule has 2 aromatic heterocycles. The molecule has 1 aliphatic heterocycles. The number of anilines is 1. The van der Waals surface area contributed by atoms with Gasteiger partial charge in [0.15, 0.2) is 0 Å². The molecule has 6 heteroatoms. The minimum absolute atomic E-state index is 0.569. The van der Waals surface area contributed by atoms with Gasteiger partial charge in [0, 0.05) is 26.2 Å². The highest BCUT2D eigenvalue weighted by atomic mass is 32.1. The fraction of sp³-hybridized carbons (Fsp3) is 0.600. The topological polar surface area (TPSA) is 58.3 Å². The van der Waals surface area contributed by atoms with Gasteiger partial charge >= 0.3 is 0 Å². The van der Waals surface area contributed by atoms with Crippen molar-refractivity contribution in [3.63, 3.8) is 0 Å². The van der Waals surface area contributed by atoms with Crippen molar-refractivity contribution in [2.45, 2.75) is 13.3 Å². The first-order valence-corrected chi connectivity index (χ1v) is 8.51. The molecule has 1 fully saturated rings. The molecular weight excluding hydrogens is 282 g/mol. The third-order valence-corrected chi connectivity index (χ3v) is 4.92. The maximum Gasteiger partial charge on any atom is 0.140 e. The van der Waals surface area contributed by atoms with Crippen molar-refractivity contribution in [2.24, 2.45) is 11.7 Å². The van der Waals surface area contributed by atoms with Gasteiger partial charge in [-0.05, 0) is 36.9 Å². The summed E-state index contributed by atoms with van der Waals surface area (Å²) in [5, 5.41) is 3.28. The van der Waals surface area contributed by atoms with Gasteiger partial charge in [0.25, 0.3) is 0 Å². The lowest BCUT2D eigenvalue weighted by Crippen LogP contribution is -2.35. The largest absolute Gasteiger partial charge is 0.355 e. The minimum Gasteiger partial charge on any atom is -0.355 e. The molecule has 1 unspecified atom stereocenters. The van der Waals surface area contributed by atoms with Crippen LogP contribution in [0.2, 0.25) is 0 Å². The molecule has 2 aromatic rings. The minimum atomic E-state index is 0.569. The van der Waals surface area contributed by atoms with Gasteiger partial charge in [-0.3, -0.25) is 0 Å². The van der Waals surface area contributed by atoms with E-state index in [1.807, 2.05) is 0 Å². The second-order valence-electron chi connectivity index (χ2n) is 5.82. The van der Waals surface area contributed by atoms with Gasteiger partial charge in [0.2, 0.25) is 0 Å². The molecule has 2 N–H and O–H groups in total. The Kier molecular flexibility index (Phi) is 4.67. The van der Waals surface area contributed by atoms with Gasteiger partial charge in [0.1, 0.15) is 17.0 Å². The van der Waals surface area contributed by atoms with Gasteiger partial charge < -0.3 is 15.5 Å². The monoisotopic (exact) mass is 305 g/mol. The van der Waals surface area contributed by atoms with E-state index >= 15 is 0 Å². The maximum absolute atomic E-state index is 5.74. The predicted octanol–water partition coefficient (Wildman–Crippen LogP) is 1.80. The SMILES string of the molecule is CC(CN)CN1CCCN(c2ncnc3sccc23)CC1. The van der Waals surface area contributed by atoms with E-state index in [1.165, 1.54) is 11.8 Å². The molecule has 0 radical (unpaired) electrons. The van der Waals surface area contributed by atoms with E-state index in [0.717, 1.165) is 49.9 Å². The van der Waals surface area contributed by atoms with Crippen LogP contribution in [0.25, 0.3) is 10.2 Å². The van der Waals surface area contributed by atoms with Crippen LogP contribution in [0.15, 0.2) is 17.8 Å². The fourth-order valence-corrected chi connectivity index (χ4v) is 3.64. The molecule has 1 aliphatic rings. The standard InChI is InChI=1S/C15H23N5S/c1-12(9-16)10-19-4-2-5-20(7-6-19)14-13-3-8-21-15(13)18-11-17-14/h3,8,11-12H,2,4-7,9-10,16H2,1H3. The van der Waals surface area contributed by atoms with Crippen molar-refractivity contribution in [1.29, 1.82) is 0 Å². The van der Waals surface area contributed by atoms with Crippen LogP contribution in [0.5, 0.6) is 0 Å². The second kappa shape index (κ2) is 6.68. The first-order chi connectivity index (χ1) is 10.3. The average Bonchev–Trinajstić information content (AvgIpc) is 2.87. The highest BCUT2D eigenvalue weighted by Gasteiger charge is 2.19. The Morgan fingerprint density at radius 1 is 1.29 bits per heavy atom. The Morgan fingerprint density at radius 2 is 2.19 bits per heavy atom. The van der Waals surface area contributed by atoms with Gasteiger partial charge in [0.05, 0.1) is 5.39 Å². The molecule has 1 atom stereocenters. The average molecular weight is 305 g/mol. The third kappa shape index (κ3) is 3.33. The normalized spacial score (nSPS) is 18.9. The molecule has 3 heterocycles. The molecule has 0 saturated carbocycles. The predicted molar refractivity (Wildman–Crippen MR) is 88.9 cm³/mol. The first-order valence-electron chi connectivity index (χ1n) is 7.63. The van der Waals surface area contributed by atoms with Crippen LogP contribution in [-0.4, -0.2) is 54.1 Å². The molecule has 0 amide bonds. The Morgan fingerprint density at radius 3 is 3.05 bits per heavy atom. The molecule has 0 aliphatic carbocycles.